The summed E-state index contributed by atoms with van der Waals surface area (Å²) in [6, 6.07) is 5.38. The second-order valence-electron chi connectivity index (χ2n) is 10.8. The van der Waals surface area contributed by atoms with Crippen molar-refractivity contribution in [2.24, 2.45) is 0 Å². The number of aliphatic hydroxyl groups excluding tert-OH is 2. The summed E-state index contributed by atoms with van der Waals surface area (Å²) in [4.78, 5) is 30.6. The highest BCUT2D eigenvalue weighted by Gasteiger charge is 2.27. The van der Waals surface area contributed by atoms with E-state index in [1.54, 1.807) is 6.92 Å². The van der Waals surface area contributed by atoms with Gasteiger partial charge in [0.25, 0.3) is 0 Å². The molecule has 0 amide bonds. The average molecular weight is 692 g/mol. The molecule has 0 bridgehead atoms. The fraction of sp³-hybridized carbons (Fsp3) is 0.536. The quantitative estimate of drug-likeness (QED) is 0.0916. The van der Waals surface area contributed by atoms with Crippen LogP contribution in [-0.2, 0) is 29.2 Å². The van der Waals surface area contributed by atoms with Crippen LogP contribution in [0.4, 0.5) is 10.3 Å². The SMILES string of the molecule is CCC(ON(O)O)C(CCOC(=O)CC(O)CC(O)/C=C/c1c(-c2ccc(F)cc2)nc(N(C)S(C)(=O)=O)nc1C(C)C)ON(O)O. The van der Waals surface area contributed by atoms with E-state index in [1.807, 2.05) is 13.8 Å². The molecule has 4 unspecified atom stereocenters. The number of carbonyl (C=O) groups is 1. The van der Waals surface area contributed by atoms with E-state index < -0.39 is 63.4 Å². The molecule has 264 valence electrons. The van der Waals surface area contributed by atoms with Crippen LogP contribution in [0.2, 0.25) is 0 Å². The van der Waals surface area contributed by atoms with Gasteiger partial charge in [-0.15, -0.1) is 0 Å². The van der Waals surface area contributed by atoms with Crippen molar-refractivity contribution in [1.82, 2.24) is 20.7 Å². The molecule has 0 aliphatic heterocycles. The molecular formula is C28H42FN5O12S. The molecule has 2 aromatic rings. The van der Waals surface area contributed by atoms with Crippen LogP contribution in [0.1, 0.15) is 63.6 Å². The number of benzene rings is 1. The number of carbonyl (C=O) groups excluding carboxylic acids is 1. The van der Waals surface area contributed by atoms with Crippen LogP contribution >= 0.6 is 0 Å². The Labute approximate surface area is 271 Å². The fourth-order valence-corrected chi connectivity index (χ4v) is 4.72. The molecule has 17 nitrogen and oxygen atoms in total. The Kier molecular flexibility index (Phi) is 15.6. The molecule has 1 heterocycles. The maximum Gasteiger partial charge on any atom is 0.308 e. The lowest BCUT2D eigenvalue weighted by atomic mass is 9.97. The number of ether oxygens (including phenoxy) is 1. The van der Waals surface area contributed by atoms with Crippen LogP contribution in [0, 0.1) is 5.82 Å². The van der Waals surface area contributed by atoms with Gasteiger partial charge >= 0.3 is 5.97 Å². The summed E-state index contributed by atoms with van der Waals surface area (Å²) in [6.45, 7) is 4.90. The minimum atomic E-state index is -3.72. The number of aromatic nitrogens is 2. The zero-order valence-corrected chi connectivity index (χ0v) is 27.4. The van der Waals surface area contributed by atoms with E-state index >= 15 is 0 Å². The molecule has 4 atom stereocenters. The molecule has 19 heteroatoms. The van der Waals surface area contributed by atoms with Crippen molar-refractivity contribution in [1.29, 1.82) is 0 Å². The highest BCUT2D eigenvalue weighted by atomic mass is 32.2. The Morgan fingerprint density at radius 2 is 1.62 bits per heavy atom. The summed E-state index contributed by atoms with van der Waals surface area (Å²) in [7, 11) is -2.42. The maximum absolute atomic E-state index is 13.7. The van der Waals surface area contributed by atoms with Crippen molar-refractivity contribution in [2.75, 3.05) is 24.2 Å². The van der Waals surface area contributed by atoms with Gasteiger partial charge in [-0.3, -0.25) is 25.6 Å². The summed E-state index contributed by atoms with van der Waals surface area (Å²) in [6.07, 6.45) is -1.86. The van der Waals surface area contributed by atoms with E-state index in [1.165, 1.54) is 43.5 Å². The smallest absolute Gasteiger partial charge is 0.308 e. The lowest BCUT2D eigenvalue weighted by Gasteiger charge is -2.26. The van der Waals surface area contributed by atoms with E-state index in [9.17, 15) is 27.8 Å². The topological polar surface area (TPSA) is 236 Å². The minimum Gasteiger partial charge on any atom is -0.465 e. The van der Waals surface area contributed by atoms with E-state index in [0.717, 1.165) is 10.6 Å². The number of esters is 1. The summed E-state index contributed by atoms with van der Waals surface area (Å²) in [5.41, 5.74) is 1.59. The fourth-order valence-electron chi connectivity index (χ4n) is 4.34. The number of sulfonamides is 1. The number of rotatable bonds is 19. The largest absolute Gasteiger partial charge is 0.465 e. The molecule has 0 saturated carbocycles. The van der Waals surface area contributed by atoms with Crippen LogP contribution in [0.3, 0.4) is 0 Å². The van der Waals surface area contributed by atoms with Gasteiger partial charge in [-0.25, -0.2) is 36.8 Å². The number of aliphatic hydroxyl groups is 2. The standard InChI is InChI=1S/C28H42FN5O12S/c1-6-23(45-33(38)39)24(46-34(40)41)13-14-44-25(37)16-21(36)15-20(35)11-12-22-26(17(2)3)30-28(32(4)47(5,42)43)31-27(22)18-7-9-19(29)10-8-18/h7-12,17,20-21,23-24,35-36,38-41H,6,13-16H2,1-5H3/b12-11+. The van der Waals surface area contributed by atoms with E-state index in [-0.39, 0.29) is 43.4 Å². The highest BCUT2D eigenvalue weighted by molar-refractivity contribution is 7.92. The summed E-state index contributed by atoms with van der Waals surface area (Å²) in [5.74, 6) is -1.69. The van der Waals surface area contributed by atoms with Crippen LogP contribution in [0.15, 0.2) is 30.3 Å². The summed E-state index contributed by atoms with van der Waals surface area (Å²) in [5, 5.41) is 55.6. The van der Waals surface area contributed by atoms with Crippen molar-refractivity contribution in [3.05, 3.63) is 47.4 Å². The van der Waals surface area contributed by atoms with Crippen LogP contribution in [-0.4, -0.2) is 111 Å². The monoisotopic (exact) mass is 691 g/mol. The van der Waals surface area contributed by atoms with Gasteiger partial charge in [0, 0.05) is 31.0 Å². The van der Waals surface area contributed by atoms with Gasteiger partial charge in [0.15, 0.2) is 0 Å². The van der Waals surface area contributed by atoms with Gasteiger partial charge in [-0.05, 0) is 36.6 Å². The molecule has 1 aromatic heterocycles. The van der Waals surface area contributed by atoms with Crippen LogP contribution < -0.4 is 4.31 Å². The number of nitrogens with zero attached hydrogens (tertiary/aromatic N) is 5. The zero-order chi connectivity index (χ0) is 35.5. The van der Waals surface area contributed by atoms with Crippen LogP contribution in [0.25, 0.3) is 17.3 Å². The van der Waals surface area contributed by atoms with Gasteiger partial charge < -0.3 is 14.9 Å². The second kappa shape index (κ2) is 18.4. The molecule has 0 radical (unpaired) electrons. The van der Waals surface area contributed by atoms with Crippen molar-refractivity contribution in [3.63, 3.8) is 0 Å². The number of hydrogen-bond donors (Lipinski definition) is 6. The molecule has 6 N–H and O–H groups in total. The van der Waals surface area contributed by atoms with Crippen molar-refractivity contribution >= 4 is 28.0 Å². The van der Waals surface area contributed by atoms with E-state index in [0.29, 0.717) is 16.8 Å². The maximum atomic E-state index is 13.7. The van der Waals surface area contributed by atoms with Crippen molar-refractivity contribution in [3.8, 4) is 11.3 Å². The van der Waals surface area contributed by atoms with Gasteiger partial charge in [-0.2, -0.15) is 0 Å². The first-order valence-corrected chi connectivity index (χ1v) is 16.3. The third kappa shape index (κ3) is 13.1. The van der Waals surface area contributed by atoms with Gasteiger partial charge in [-0.1, -0.05) is 32.9 Å². The van der Waals surface area contributed by atoms with Gasteiger partial charge in [0.05, 0.1) is 53.7 Å². The van der Waals surface area contributed by atoms with E-state index in [4.69, 9.17) is 30.4 Å². The third-order valence-electron chi connectivity index (χ3n) is 6.75. The van der Waals surface area contributed by atoms with Crippen LogP contribution in [0.5, 0.6) is 0 Å². The molecule has 0 aliphatic carbocycles. The second-order valence-corrected chi connectivity index (χ2v) is 12.8. The Balaban J connectivity index is 2.17. The van der Waals surface area contributed by atoms with E-state index in [2.05, 4.69) is 14.8 Å². The Hall–Kier alpha value is -3.21. The minimum absolute atomic E-state index is 0.105. The number of anilines is 1. The number of hydrogen-bond acceptors (Lipinski definition) is 16. The highest BCUT2D eigenvalue weighted by Crippen LogP contribution is 2.32. The Morgan fingerprint density at radius 3 is 2.15 bits per heavy atom. The molecule has 0 spiro atoms. The molecule has 0 fully saturated rings. The molecule has 0 saturated heterocycles. The van der Waals surface area contributed by atoms with Crippen molar-refractivity contribution < 1.29 is 63.1 Å². The Bertz CT molecular complexity index is 1430. The van der Waals surface area contributed by atoms with Gasteiger partial charge in [0.1, 0.15) is 18.0 Å². The molecular weight excluding hydrogens is 649 g/mol. The molecule has 47 heavy (non-hydrogen) atoms. The molecule has 0 aliphatic rings. The van der Waals surface area contributed by atoms with Gasteiger partial charge in [0.2, 0.25) is 16.0 Å². The summed E-state index contributed by atoms with van der Waals surface area (Å²) >= 11 is 0. The predicted molar refractivity (Wildman–Crippen MR) is 161 cm³/mol. The lowest BCUT2D eigenvalue weighted by Crippen LogP contribution is -2.39. The normalized spacial score (nSPS) is 15.0. The lowest BCUT2D eigenvalue weighted by molar-refractivity contribution is -0.538. The molecule has 2 rings (SSSR count). The average Bonchev–Trinajstić information content (AvgIpc) is 2.97. The first-order chi connectivity index (χ1) is 21.9. The summed E-state index contributed by atoms with van der Waals surface area (Å²) < 4.78 is 44.1. The predicted octanol–water partition coefficient (Wildman–Crippen LogP) is 2.42. The molecule has 1 aromatic carbocycles. The first-order valence-electron chi connectivity index (χ1n) is 14.4. The first kappa shape index (κ1) is 40.0. The third-order valence-corrected chi connectivity index (χ3v) is 7.91. The van der Waals surface area contributed by atoms with Crippen molar-refractivity contribution in [2.45, 2.75) is 76.8 Å². The Morgan fingerprint density at radius 1 is 1.02 bits per heavy atom. The number of halogens is 1. The zero-order valence-electron chi connectivity index (χ0n) is 26.5.